The predicted molar refractivity (Wildman–Crippen MR) is 80.6 cm³/mol. The molecule has 4 nitrogen and oxygen atoms in total. The summed E-state index contributed by atoms with van der Waals surface area (Å²) in [6.45, 7) is 5.31. The van der Waals surface area contributed by atoms with E-state index in [1.807, 2.05) is 19.4 Å². The first-order chi connectivity index (χ1) is 9.74. The molecular formula is C16H25N3O. The number of rotatable bonds is 8. The minimum Gasteiger partial charge on any atom is -0.464 e. The van der Waals surface area contributed by atoms with Crippen LogP contribution in [0.1, 0.15) is 50.1 Å². The van der Waals surface area contributed by atoms with E-state index in [1.54, 1.807) is 0 Å². The summed E-state index contributed by atoms with van der Waals surface area (Å²) >= 11 is 0. The van der Waals surface area contributed by atoms with Gasteiger partial charge < -0.3 is 14.3 Å². The van der Waals surface area contributed by atoms with Crippen molar-refractivity contribution in [2.24, 2.45) is 7.05 Å². The molecule has 0 aliphatic carbocycles. The maximum absolute atomic E-state index is 5.90. The number of aryl methyl sites for hydroxylation is 3. The highest BCUT2D eigenvalue weighted by Crippen LogP contribution is 2.21. The molecule has 0 bridgehead atoms. The van der Waals surface area contributed by atoms with Crippen molar-refractivity contribution >= 4 is 0 Å². The molecule has 110 valence electrons. The van der Waals surface area contributed by atoms with Crippen molar-refractivity contribution in [2.45, 2.75) is 45.6 Å². The second-order valence-corrected chi connectivity index (χ2v) is 5.16. The van der Waals surface area contributed by atoms with E-state index in [1.165, 1.54) is 0 Å². The topological polar surface area (TPSA) is 43.0 Å². The molecule has 20 heavy (non-hydrogen) atoms. The van der Waals surface area contributed by atoms with Gasteiger partial charge in [-0.3, -0.25) is 0 Å². The third-order valence-corrected chi connectivity index (χ3v) is 3.59. The van der Waals surface area contributed by atoms with E-state index >= 15 is 0 Å². The second-order valence-electron chi connectivity index (χ2n) is 5.16. The van der Waals surface area contributed by atoms with Gasteiger partial charge in [0.05, 0.1) is 6.04 Å². The van der Waals surface area contributed by atoms with Crippen LogP contribution in [0, 0.1) is 0 Å². The predicted octanol–water partition coefficient (Wildman–Crippen LogP) is 3.25. The van der Waals surface area contributed by atoms with Crippen LogP contribution in [0.4, 0.5) is 0 Å². The first kappa shape index (κ1) is 14.9. The normalized spacial score (nSPS) is 12.8. The molecule has 0 fully saturated rings. The Bertz CT molecular complexity index is 515. The summed E-state index contributed by atoms with van der Waals surface area (Å²) < 4.78 is 7.98. The van der Waals surface area contributed by atoms with Gasteiger partial charge in [0.1, 0.15) is 17.3 Å². The average Bonchev–Trinajstić information content (AvgIpc) is 3.08. The van der Waals surface area contributed by atoms with Gasteiger partial charge in [-0.25, -0.2) is 4.98 Å². The van der Waals surface area contributed by atoms with E-state index in [-0.39, 0.29) is 6.04 Å². The lowest BCUT2D eigenvalue weighted by Gasteiger charge is -2.16. The first-order valence-electron chi connectivity index (χ1n) is 7.52. The van der Waals surface area contributed by atoms with Gasteiger partial charge in [0.15, 0.2) is 0 Å². The van der Waals surface area contributed by atoms with Gasteiger partial charge in [-0.05, 0) is 31.5 Å². The van der Waals surface area contributed by atoms with Crippen molar-refractivity contribution in [3.05, 3.63) is 41.9 Å². The molecule has 0 saturated heterocycles. The van der Waals surface area contributed by atoms with Crippen LogP contribution in [0.2, 0.25) is 0 Å². The Kier molecular flexibility index (Phi) is 5.41. The Morgan fingerprint density at radius 3 is 2.80 bits per heavy atom. The zero-order chi connectivity index (χ0) is 14.4. The summed E-state index contributed by atoms with van der Waals surface area (Å²) in [6.07, 6.45) is 7.87. The largest absolute Gasteiger partial charge is 0.464 e. The summed E-state index contributed by atoms with van der Waals surface area (Å²) in [7, 11) is 2.04. The molecule has 0 radical (unpaired) electrons. The van der Waals surface area contributed by atoms with Gasteiger partial charge in [-0.2, -0.15) is 0 Å². The number of nitrogens with zero attached hydrogens (tertiary/aromatic N) is 2. The number of imidazole rings is 1. The van der Waals surface area contributed by atoms with Crippen molar-refractivity contribution in [3.8, 4) is 0 Å². The van der Waals surface area contributed by atoms with E-state index in [0.29, 0.717) is 0 Å². The highest BCUT2D eigenvalue weighted by molar-refractivity contribution is 5.11. The SMILES string of the molecule is CCCNC(CCc1nccn1C)c1ccc(CC)o1. The molecule has 2 rings (SSSR count). The Hall–Kier alpha value is -1.55. The van der Waals surface area contributed by atoms with Gasteiger partial charge in [-0.1, -0.05) is 13.8 Å². The van der Waals surface area contributed by atoms with Crippen molar-refractivity contribution in [1.29, 1.82) is 0 Å². The third-order valence-electron chi connectivity index (χ3n) is 3.59. The van der Waals surface area contributed by atoms with Crippen LogP contribution in [-0.4, -0.2) is 16.1 Å². The molecule has 1 N–H and O–H groups in total. The van der Waals surface area contributed by atoms with Gasteiger partial charge in [0.2, 0.25) is 0 Å². The van der Waals surface area contributed by atoms with Gasteiger partial charge >= 0.3 is 0 Å². The van der Waals surface area contributed by atoms with Crippen LogP contribution in [0.15, 0.2) is 28.9 Å². The Morgan fingerprint density at radius 2 is 2.20 bits per heavy atom. The van der Waals surface area contributed by atoms with Crippen LogP contribution in [-0.2, 0) is 19.9 Å². The fraction of sp³-hybridized carbons (Fsp3) is 0.562. The Morgan fingerprint density at radius 1 is 1.35 bits per heavy atom. The molecule has 0 spiro atoms. The smallest absolute Gasteiger partial charge is 0.121 e. The van der Waals surface area contributed by atoms with E-state index in [2.05, 4.69) is 40.8 Å². The second kappa shape index (κ2) is 7.29. The van der Waals surface area contributed by atoms with Crippen LogP contribution >= 0.6 is 0 Å². The molecule has 0 aliphatic heterocycles. The van der Waals surface area contributed by atoms with Gasteiger partial charge in [0, 0.05) is 32.3 Å². The highest BCUT2D eigenvalue weighted by Gasteiger charge is 2.15. The summed E-state index contributed by atoms with van der Waals surface area (Å²) in [5, 5.41) is 3.57. The van der Waals surface area contributed by atoms with Crippen LogP contribution in [0.5, 0.6) is 0 Å². The van der Waals surface area contributed by atoms with Crippen LogP contribution in [0.3, 0.4) is 0 Å². The average molecular weight is 275 g/mol. The summed E-state index contributed by atoms with van der Waals surface area (Å²) in [5.74, 6) is 3.22. The molecular weight excluding hydrogens is 250 g/mol. The number of nitrogens with one attached hydrogen (secondary N) is 1. The number of aromatic nitrogens is 2. The van der Waals surface area contributed by atoms with Gasteiger partial charge in [0.25, 0.3) is 0 Å². The van der Waals surface area contributed by atoms with Gasteiger partial charge in [-0.15, -0.1) is 0 Å². The molecule has 1 unspecified atom stereocenters. The number of furan rings is 1. The lowest BCUT2D eigenvalue weighted by molar-refractivity contribution is 0.378. The summed E-state index contributed by atoms with van der Waals surface area (Å²) in [5.41, 5.74) is 0. The fourth-order valence-corrected chi connectivity index (χ4v) is 2.35. The molecule has 1 atom stereocenters. The summed E-state index contributed by atoms with van der Waals surface area (Å²) in [6, 6.07) is 4.45. The maximum Gasteiger partial charge on any atom is 0.121 e. The quantitative estimate of drug-likeness (QED) is 0.804. The first-order valence-corrected chi connectivity index (χ1v) is 7.52. The zero-order valence-corrected chi connectivity index (χ0v) is 12.7. The van der Waals surface area contributed by atoms with Crippen LogP contribution < -0.4 is 5.32 Å². The molecule has 2 aromatic rings. The van der Waals surface area contributed by atoms with E-state index < -0.39 is 0 Å². The molecule has 0 saturated carbocycles. The summed E-state index contributed by atoms with van der Waals surface area (Å²) in [4.78, 5) is 4.39. The third kappa shape index (κ3) is 3.73. The van der Waals surface area contributed by atoms with Crippen LogP contribution in [0.25, 0.3) is 0 Å². The molecule has 0 amide bonds. The van der Waals surface area contributed by atoms with E-state index in [0.717, 1.165) is 49.6 Å². The molecule has 4 heteroatoms. The number of hydrogen-bond donors (Lipinski definition) is 1. The monoisotopic (exact) mass is 275 g/mol. The molecule has 0 aromatic carbocycles. The molecule has 2 heterocycles. The number of hydrogen-bond acceptors (Lipinski definition) is 3. The van der Waals surface area contributed by atoms with E-state index in [9.17, 15) is 0 Å². The maximum atomic E-state index is 5.90. The minimum atomic E-state index is 0.270. The van der Waals surface area contributed by atoms with E-state index in [4.69, 9.17) is 4.42 Å². The van der Waals surface area contributed by atoms with Crippen molar-refractivity contribution in [2.75, 3.05) is 6.54 Å². The van der Waals surface area contributed by atoms with Crippen molar-refractivity contribution < 1.29 is 4.42 Å². The molecule has 0 aliphatic rings. The van der Waals surface area contributed by atoms with Crippen molar-refractivity contribution in [1.82, 2.24) is 14.9 Å². The van der Waals surface area contributed by atoms with Crippen molar-refractivity contribution in [3.63, 3.8) is 0 Å². The zero-order valence-electron chi connectivity index (χ0n) is 12.7. The standard InChI is InChI=1S/C16H25N3O/c1-4-10-17-14(15-8-6-13(5-2)20-15)7-9-16-18-11-12-19(16)3/h6,8,11-12,14,17H,4-5,7,9-10H2,1-3H3. The lowest BCUT2D eigenvalue weighted by atomic mass is 10.1. The Balaban J connectivity index is 2.01. The fourth-order valence-electron chi connectivity index (χ4n) is 2.35. The lowest BCUT2D eigenvalue weighted by Crippen LogP contribution is -2.22. The molecule has 2 aromatic heterocycles. The Labute approximate surface area is 121 Å². The minimum absolute atomic E-state index is 0.270. The highest BCUT2D eigenvalue weighted by atomic mass is 16.3.